The van der Waals surface area contributed by atoms with E-state index in [9.17, 15) is 13.2 Å². The Hall–Kier alpha value is -1.80. The molecule has 0 saturated heterocycles. The highest BCUT2D eigenvalue weighted by Gasteiger charge is 2.21. The molecule has 0 aromatic heterocycles. The summed E-state index contributed by atoms with van der Waals surface area (Å²) in [7, 11) is 0.725. The maximum atomic E-state index is 11.4. The highest BCUT2D eigenvalue weighted by Crippen LogP contribution is 2.31. The molecule has 1 aromatic rings. The molecule has 118 valence electrons. The van der Waals surface area contributed by atoms with E-state index in [1.54, 1.807) is 18.2 Å². The third-order valence-electron chi connectivity index (χ3n) is 2.76. The fraction of sp³-hybridized carbons (Fsp3) is 0.462. The molecule has 0 radical (unpaired) electrons. The van der Waals surface area contributed by atoms with E-state index in [0.717, 1.165) is 6.26 Å². The molecule has 0 aliphatic heterocycles. The number of nitrogens with one attached hydrogen (secondary N) is 1. The number of esters is 1. The van der Waals surface area contributed by atoms with Crippen LogP contribution in [0.15, 0.2) is 18.2 Å². The first-order valence-corrected chi connectivity index (χ1v) is 7.96. The zero-order valence-corrected chi connectivity index (χ0v) is 13.2. The predicted molar refractivity (Wildman–Crippen MR) is 76.9 cm³/mol. The van der Waals surface area contributed by atoms with E-state index in [-0.39, 0.29) is 6.42 Å². The second kappa shape index (κ2) is 7.28. The van der Waals surface area contributed by atoms with E-state index >= 15 is 0 Å². The van der Waals surface area contributed by atoms with Crippen LogP contribution in [0.3, 0.4) is 0 Å². The van der Waals surface area contributed by atoms with E-state index in [4.69, 9.17) is 9.47 Å². The van der Waals surface area contributed by atoms with Gasteiger partial charge in [-0.25, -0.2) is 13.1 Å². The molecule has 8 heteroatoms. The molecule has 0 fully saturated rings. The molecule has 0 aliphatic rings. The lowest BCUT2D eigenvalue weighted by Gasteiger charge is -2.18. The van der Waals surface area contributed by atoms with Crippen LogP contribution < -0.4 is 14.2 Å². The van der Waals surface area contributed by atoms with Crippen molar-refractivity contribution in [3.8, 4) is 11.5 Å². The average Bonchev–Trinajstić information content (AvgIpc) is 2.44. The van der Waals surface area contributed by atoms with Crippen LogP contribution in [0.2, 0.25) is 0 Å². The van der Waals surface area contributed by atoms with Crippen LogP contribution in [0.5, 0.6) is 11.5 Å². The summed E-state index contributed by atoms with van der Waals surface area (Å²) >= 11 is 0. The molecule has 7 nitrogen and oxygen atoms in total. The molecule has 1 unspecified atom stereocenters. The topological polar surface area (TPSA) is 90.9 Å². The molecular weight excluding hydrogens is 298 g/mol. The Bertz CT molecular complexity index is 599. The lowest BCUT2D eigenvalue weighted by Crippen LogP contribution is -2.29. The van der Waals surface area contributed by atoms with Gasteiger partial charge in [-0.1, -0.05) is 6.07 Å². The molecule has 1 rings (SSSR count). The van der Waals surface area contributed by atoms with Gasteiger partial charge in [-0.2, -0.15) is 0 Å². The third kappa shape index (κ3) is 5.24. The predicted octanol–water partition coefficient (Wildman–Crippen LogP) is 0.857. The molecule has 0 saturated carbocycles. The van der Waals surface area contributed by atoms with Crippen LogP contribution in [-0.4, -0.2) is 42.0 Å². The first-order chi connectivity index (χ1) is 9.80. The minimum atomic E-state index is -3.49. The Morgan fingerprint density at radius 1 is 1.19 bits per heavy atom. The summed E-state index contributed by atoms with van der Waals surface area (Å²) in [6.45, 7) is 0. The Labute approximate surface area is 124 Å². The Morgan fingerprint density at radius 2 is 1.81 bits per heavy atom. The molecule has 1 aromatic carbocycles. The summed E-state index contributed by atoms with van der Waals surface area (Å²) < 4.78 is 40.2. The number of ether oxygens (including phenoxy) is 3. The maximum absolute atomic E-state index is 11.4. The van der Waals surface area contributed by atoms with Gasteiger partial charge >= 0.3 is 5.97 Å². The van der Waals surface area contributed by atoms with Crippen molar-refractivity contribution in [2.24, 2.45) is 0 Å². The molecule has 21 heavy (non-hydrogen) atoms. The van der Waals surface area contributed by atoms with Gasteiger partial charge in [0.2, 0.25) is 10.0 Å². The number of rotatable bonds is 7. The maximum Gasteiger partial charge on any atom is 0.307 e. The van der Waals surface area contributed by atoms with Crippen LogP contribution in [0.1, 0.15) is 18.0 Å². The largest absolute Gasteiger partial charge is 0.493 e. The summed E-state index contributed by atoms with van der Waals surface area (Å²) in [5.41, 5.74) is 0.573. The zero-order valence-electron chi connectivity index (χ0n) is 12.4. The lowest BCUT2D eigenvalue weighted by molar-refractivity contribution is -0.141. The van der Waals surface area contributed by atoms with Gasteiger partial charge in [0.25, 0.3) is 0 Å². The Morgan fingerprint density at radius 3 is 2.29 bits per heavy atom. The second-order valence-corrected chi connectivity index (χ2v) is 6.12. The van der Waals surface area contributed by atoms with Crippen LogP contribution >= 0.6 is 0 Å². The van der Waals surface area contributed by atoms with Crippen molar-refractivity contribution in [1.82, 2.24) is 4.72 Å². The van der Waals surface area contributed by atoms with Gasteiger partial charge < -0.3 is 14.2 Å². The third-order valence-corrected chi connectivity index (χ3v) is 3.48. The normalized spacial score (nSPS) is 12.6. The molecule has 0 spiro atoms. The van der Waals surface area contributed by atoms with Crippen LogP contribution in [0.4, 0.5) is 0 Å². The van der Waals surface area contributed by atoms with E-state index in [0.29, 0.717) is 17.1 Å². The molecule has 1 atom stereocenters. The fourth-order valence-corrected chi connectivity index (χ4v) is 2.54. The van der Waals surface area contributed by atoms with Gasteiger partial charge in [0, 0.05) is 0 Å². The molecular formula is C13H19NO6S. The van der Waals surface area contributed by atoms with Gasteiger partial charge in [0.05, 0.1) is 40.0 Å². The number of methoxy groups -OCH3 is 3. The van der Waals surface area contributed by atoms with Crippen molar-refractivity contribution < 1.29 is 27.4 Å². The number of hydrogen-bond acceptors (Lipinski definition) is 6. The number of carbonyl (C=O) groups is 1. The Kier molecular flexibility index (Phi) is 5.98. The van der Waals surface area contributed by atoms with Crippen molar-refractivity contribution >= 4 is 16.0 Å². The number of benzene rings is 1. The number of carbonyl (C=O) groups excluding carboxylic acids is 1. The van der Waals surface area contributed by atoms with E-state index in [2.05, 4.69) is 9.46 Å². The summed E-state index contributed by atoms with van der Waals surface area (Å²) in [5, 5.41) is 0. The quantitative estimate of drug-likeness (QED) is 0.750. The summed E-state index contributed by atoms with van der Waals surface area (Å²) in [4.78, 5) is 11.4. The van der Waals surface area contributed by atoms with Crippen molar-refractivity contribution in [2.75, 3.05) is 27.6 Å². The monoisotopic (exact) mass is 317 g/mol. The molecule has 0 amide bonds. The van der Waals surface area contributed by atoms with Gasteiger partial charge in [0.1, 0.15) is 0 Å². The van der Waals surface area contributed by atoms with Crippen LogP contribution in [0, 0.1) is 0 Å². The second-order valence-electron chi connectivity index (χ2n) is 4.34. The van der Waals surface area contributed by atoms with Crippen LogP contribution in [-0.2, 0) is 19.6 Å². The zero-order chi connectivity index (χ0) is 16.0. The molecule has 0 heterocycles. The minimum absolute atomic E-state index is 0.126. The minimum Gasteiger partial charge on any atom is -0.493 e. The van der Waals surface area contributed by atoms with Gasteiger partial charge in [-0.3, -0.25) is 4.79 Å². The van der Waals surface area contributed by atoms with Gasteiger partial charge in [-0.15, -0.1) is 0 Å². The molecule has 0 bridgehead atoms. The van der Waals surface area contributed by atoms with Crippen molar-refractivity contribution in [3.63, 3.8) is 0 Å². The van der Waals surface area contributed by atoms with E-state index in [1.807, 2.05) is 0 Å². The SMILES string of the molecule is COC(=O)CC(NS(C)(=O)=O)c1ccc(OC)c(OC)c1. The van der Waals surface area contributed by atoms with Crippen molar-refractivity contribution in [2.45, 2.75) is 12.5 Å². The fourth-order valence-electron chi connectivity index (χ4n) is 1.81. The highest BCUT2D eigenvalue weighted by atomic mass is 32.2. The summed E-state index contributed by atoms with van der Waals surface area (Å²) in [5.74, 6) is 0.434. The molecule has 1 N–H and O–H groups in total. The van der Waals surface area contributed by atoms with Crippen LogP contribution in [0.25, 0.3) is 0 Å². The van der Waals surface area contributed by atoms with Crippen molar-refractivity contribution in [1.29, 1.82) is 0 Å². The van der Waals surface area contributed by atoms with Gasteiger partial charge in [-0.05, 0) is 17.7 Å². The summed E-state index contributed by atoms with van der Waals surface area (Å²) in [6, 6.07) is 4.17. The number of hydrogen-bond donors (Lipinski definition) is 1. The number of sulfonamides is 1. The summed E-state index contributed by atoms with van der Waals surface area (Å²) in [6.07, 6.45) is 0.900. The smallest absolute Gasteiger partial charge is 0.307 e. The van der Waals surface area contributed by atoms with E-state index in [1.165, 1.54) is 21.3 Å². The van der Waals surface area contributed by atoms with Crippen molar-refractivity contribution in [3.05, 3.63) is 23.8 Å². The molecule has 0 aliphatic carbocycles. The first kappa shape index (κ1) is 17.3. The van der Waals surface area contributed by atoms with Gasteiger partial charge in [0.15, 0.2) is 11.5 Å². The first-order valence-electron chi connectivity index (χ1n) is 6.06. The Balaban J connectivity index is 3.15. The lowest BCUT2D eigenvalue weighted by atomic mass is 10.0. The van der Waals surface area contributed by atoms with E-state index < -0.39 is 22.0 Å². The standard InChI is InChI=1S/C13H19NO6S/c1-18-11-6-5-9(7-12(11)19-2)10(8-13(15)20-3)14-21(4,16)17/h5-7,10,14H,8H2,1-4H3. The average molecular weight is 317 g/mol. The highest BCUT2D eigenvalue weighted by molar-refractivity contribution is 7.88.